The van der Waals surface area contributed by atoms with Gasteiger partial charge in [-0.15, -0.1) is 0 Å². The molecule has 3 aliphatic rings. The maximum atomic E-state index is 12.7. The van der Waals surface area contributed by atoms with E-state index in [-0.39, 0.29) is 5.91 Å². The molecule has 2 N–H and O–H groups in total. The van der Waals surface area contributed by atoms with Crippen LogP contribution in [0.3, 0.4) is 0 Å². The fraction of sp³-hybridized carbons (Fsp3) is 0.632. The lowest BCUT2D eigenvalue weighted by Gasteiger charge is -2.40. The molecule has 1 aliphatic carbocycles. The van der Waals surface area contributed by atoms with E-state index < -0.39 is 11.5 Å². The van der Waals surface area contributed by atoms with Crippen molar-refractivity contribution in [1.29, 1.82) is 0 Å². The normalized spacial score (nSPS) is 29.3. The number of nitrogens with one attached hydrogen (secondary N) is 1. The monoisotopic (exact) mass is 358 g/mol. The number of aryl methyl sites for hydroxylation is 1. The van der Waals surface area contributed by atoms with Crippen molar-refractivity contribution in [2.75, 3.05) is 31.5 Å². The summed E-state index contributed by atoms with van der Waals surface area (Å²) < 4.78 is 0. The lowest BCUT2D eigenvalue weighted by Crippen LogP contribution is -2.46. The van der Waals surface area contributed by atoms with Gasteiger partial charge in [-0.3, -0.25) is 14.7 Å². The molecule has 7 nitrogen and oxygen atoms in total. The molecule has 3 heterocycles. The van der Waals surface area contributed by atoms with Crippen molar-refractivity contribution in [1.82, 2.24) is 14.8 Å². The zero-order chi connectivity index (χ0) is 18.3. The fourth-order valence-electron chi connectivity index (χ4n) is 4.79. The Morgan fingerprint density at radius 1 is 1.23 bits per heavy atom. The second-order valence-electron chi connectivity index (χ2n) is 7.78. The Hall–Kier alpha value is -2.15. The van der Waals surface area contributed by atoms with E-state index in [9.17, 15) is 14.7 Å². The highest BCUT2D eigenvalue weighted by atomic mass is 16.4. The molecule has 0 aromatic carbocycles. The molecule has 1 saturated heterocycles. The highest BCUT2D eigenvalue weighted by molar-refractivity contribution is 6.05. The average Bonchev–Trinajstić information content (AvgIpc) is 2.81. The highest BCUT2D eigenvalue weighted by Gasteiger charge is 2.50. The largest absolute Gasteiger partial charge is 0.465 e. The predicted molar refractivity (Wildman–Crippen MR) is 97.3 cm³/mol. The molecule has 26 heavy (non-hydrogen) atoms. The number of carbonyl (C=O) groups is 2. The number of fused-ring (bicyclic) bond motifs is 2. The summed E-state index contributed by atoms with van der Waals surface area (Å²) >= 11 is 0. The quantitative estimate of drug-likeness (QED) is 0.804. The van der Waals surface area contributed by atoms with Crippen LogP contribution in [0.2, 0.25) is 0 Å². The van der Waals surface area contributed by atoms with Gasteiger partial charge in [-0.2, -0.15) is 0 Å². The van der Waals surface area contributed by atoms with E-state index in [0.29, 0.717) is 19.1 Å². The molecule has 1 aromatic rings. The summed E-state index contributed by atoms with van der Waals surface area (Å²) in [4.78, 5) is 32.6. The van der Waals surface area contributed by atoms with Crippen molar-refractivity contribution in [3.8, 4) is 0 Å². The van der Waals surface area contributed by atoms with Gasteiger partial charge >= 0.3 is 6.09 Å². The second-order valence-corrected chi connectivity index (χ2v) is 7.78. The van der Waals surface area contributed by atoms with Gasteiger partial charge in [0, 0.05) is 37.9 Å². The first-order valence-corrected chi connectivity index (χ1v) is 9.51. The summed E-state index contributed by atoms with van der Waals surface area (Å²) in [5.41, 5.74) is 2.26. The van der Waals surface area contributed by atoms with Crippen LogP contribution >= 0.6 is 0 Å². The number of carboxylic acid groups (broad SMARTS) is 1. The van der Waals surface area contributed by atoms with Gasteiger partial charge in [0.15, 0.2) is 0 Å². The Morgan fingerprint density at radius 2 is 2.00 bits per heavy atom. The van der Waals surface area contributed by atoms with E-state index in [4.69, 9.17) is 4.98 Å². The molecule has 2 aliphatic heterocycles. The van der Waals surface area contributed by atoms with E-state index in [1.54, 1.807) is 0 Å². The van der Waals surface area contributed by atoms with E-state index >= 15 is 0 Å². The molecule has 2 amide bonds. The van der Waals surface area contributed by atoms with Crippen molar-refractivity contribution >= 4 is 17.7 Å². The molecule has 0 unspecified atom stereocenters. The summed E-state index contributed by atoms with van der Waals surface area (Å²) in [5, 5.41) is 12.2. The molecule has 0 bridgehead atoms. The van der Waals surface area contributed by atoms with Gasteiger partial charge in [-0.25, -0.2) is 4.79 Å². The van der Waals surface area contributed by atoms with Crippen LogP contribution in [-0.4, -0.2) is 64.1 Å². The first-order valence-electron chi connectivity index (χ1n) is 9.51. The van der Waals surface area contributed by atoms with Gasteiger partial charge in [0.1, 0.15) is 0 Å². The van der Waals surface area contributed by atoms with Gasteiger partial charge in [0.25, 0.3) is 0 Å². The van der Waals surface area contributed by atoms with E-state index in [2.05, 4.69) is 10.2 Å². The standard InChI is InChI=1S/C19H26N4O3/c1-13-3-4-15-16(20-13)19(17(24)21-15)7-5-14(6-8-19)22-9-2-10-23(12-11-22)18(25)26/h3-4,14H,2,5-12H2,1H3,(H,21,24)(H,25,26). The summed E-state index contributed by atoms with van der Waals surface area (Å²) in [5.74, 6) is 0.0944. The Morgan fingerprint density at radius 3 is 2.73 bits per heavy atom. The molecule has 1 spiro atoms. The Bertz CT molecular complexity index is 727. The Kier molecular flexibility index (Phi) is 4.34. The van der Waals surface area contributed by atoms with Crippen LogP contribution < -0.4 is 5.32 Å². The number of amides is 2. The summed E-state index contributed by atoms with van der Waals surface area (Å²) in [6.45, 7) is 4.86. The van der Waals surface area contributed by atoms with E-state index in [1.165, 1.54) is 4.90 Å². The van der Waals surface area contributed by atoms with Crippen molar-refractivity contribution < 1.29 is 14.7 Å². The SMILES string of the molecule is Cc1ccc2c(n1)C1(CCC(N3CCCN(C(=O)O)CC3)CC1)C(=O)N2. The average molecular weight is 358 g/mol. The third kappa shape index (κ3) is 2.84. The smallest absolute Gasteiger partial charge is 0.407 e. The van der Waals surface area contributed by atoms with Crippen LogP contribution in [0.15, 0.2) is 12.1 Å². The Balaban J connectivity index is 1.46. The summed E-state index contributed by atoms with van der Waals surface area (Å²) in [6, 6.07) is 4.33. The molecule has 0 radical (unpaired) electrons. The summed E-state index contributed by atoms with van der Waals surface area (Å²) in [7, 11) is 0. The van der Waals surface area contributed by atoms with Crippen molar-refractivity contribution in [3.05, 3.63) is 23.5 Å². The Labute approximate surface area is 153 Å². The van der Waals surface area contributed by atoms with E-state index in [0.717, 1.165) is 62.3 Å². The first-order chi connectivity index (χ1) is 12.5. The van der Waals surface area contributed by atoms with E-state index in [1.807, 2.05) is 19.1 Å². The second kappa shape index (κ2) is 6.54. The zero-order valence-corrected chi connectivity index (χ0v) is 15.2. The molecule has 7 heteroatoms. The minimum atomic E-state index is -0.824. The van der Waals surface area contributed by atoms with Crippen LogP contribution in [0.25, 0.3) is 0 Å². The van der Waals surface area contributed by atoms with Gasteiger partial charge < -0.3 is 15.3 Å². The van der Waals surface area contributed by atoms with Crippen LogP contribution in [0.1, 0.15) is 43.5 Å². The van der Waals surface area contributed by atoms with Crippen LogP contribution in [0.5, 0.6) is 0 Å². The van der Waals surface area contributed by atoms with Crippen molar-refractivity contribution in [2.24, 2.45) is 0 Å². The van der Waals surface area contributed by atoms with Gasteiger partial charge in [0.2, 0.25) is 5.91 Å². The lowest BCUT2D eigenvalue weighted by atomic mass is 9.70. The molecule has 1 saturated carbocycles. The molecular weight excluding hydrogens is 332 g/mol. The maximum absolute atomic E-state index is 12.7. The first kappa shape index (κ1) is 17.3. The number of pyridine rings is 1. The van der Waals surface area contributed by atoms with Crippen molar-refractivity contribution in [2.45, 2.75) is 50.5 Å². The molecular formula is C19H26N4O3. The van der Waals surface area contributed by atoms with Crippen LogP contribution in [-0.2, 0) is 10.2 Å². The third-order valence-corrected chi connectivity index (χ3v) is 6.30. The third-order valence-electron chi connectivity index (χ3n) is 6.30. The van der Waals surface area contributed by atoms with Crippen LogP contribution in [0.4, 0.5) is 10.5 Å². The van der Waals surface area contributed by atoms with Gasteiger partial charge in [0.05, 0.1) is 16.8 Å². The number of anilines is 1. The minimum Gasteiger partial charge on any atom is -0.465 e. The molecule has 140 valence electrons. The number of aromatic nitrogens is 1. The fourth-order valence-corrected chi connectivity index (χ4v) is 4.79. The minimum absolute atomic E-state index is 0.0944. The van der Waals surface area contributed by atoms with Crippen molar-refractivity contribution in [3.63, 3.8) is 0 Å². The molecule has 0 atom stereocenters. The van der Waals surface area contributed by atoms with Crippen LogP contribution in [0, 0.1) is 6.92 Å². The summed E-state index contributed by atoms with van der Waals surface area (Å²) in [6.07, 6.45) is 3.58. The molecule has 1 aromatic heterocycles. The molecule has 4 rings (SSSR count). The number of hydrogen-bond donors (Lipinski definition) is 2. The zero-order valence-electron chi connectivity index (χ0n) is 15.2. The number of hydrogen-bond acceptors (Lipinski definition) is 4. The number of rotatable bonds is 1. The number of nitrogens with zero attached hydrogens (tertiary/aromatic N) is 3. The van der Waals surface area contributed by atoms with Gasteiger partial charge in [-0.1, -0.05) is 0 Å². The highest BCUT2D eigenvalue weighted by Crippen LogP contribution is 2.47. The lowest BCUT2D eigenvalue weighted by molar-refractivity contribution is -0.122. The topological polar surface area (TPSA) is 85.8 Å². The predicted octanol–water partition coefficient (Wildman–Crippen LogP) is 2.21. The van der Waals surface area contributed by atoms with Gasteiger partial charge in [-0.05, 0) is 51.2 Å². The molecule has 2 fully saturated rings. The number of carbonyl (C=O) groups excluding carboxylic acids is 1. The maximum Gasteiger partial charge on any atom is 0.407 e.